The summed E-state index contributed by atoms with van der Waals surface area (Å²) in [5.74, 6) is 0.441. The Balaban J connectivity index is 1.77. The molecule has 6 nitrogen and oxygen atoms in total. The lowest BCUT2D eigenvalue weighted by Crippen LogP contribution is -2.62. The van der Waals surface area contributed by atoms with E-state index in [1.165, 1.54) is 6.07 Å². The molecule has 1 aliphatic rings. The highest BCUT2D eigenvalue weighted by Crippen LogP contribution is 2.31. The summed E-state index contributed by atoms with van der Waals surface area (Å²) in [6, 6.07) is 5.34. The van der Waals surface area contributed by atoms with Crippen molar-refractivity contribution in [2.24, 2.45) is 0 Å². The number of amides is 1. The first kappa shape index (κ1) is 22.3. The van der Waals surface area contributed by atoms with Crippen molar-refractivity contribution >= 4 is 16.9 Å². The van der Waals surface area contributed by atoms with E-state index in [0.29, 0.717) is 11.3 Å². The number of nitrogens with one attached hydrogen (secondary N) is 2. The van der Waals surface area contributed by atoms with E-state index < -0.39 is 0 Å². The van der Waals surface area contributed by atoms with Crippen molar-refractivity contribution in [2.75, 3.05) is 6.61 Å². The number of fused-ring (bicyclic) bond motifs is 1. The van der Waals surface area contributed by atoms with Crippen LogP contribution in [0, 0.1) is 6.92 Å². The second-order valence-electron chi connectivity index (χ2n) is 9.83. The van der Waals surface area contributed by atoms with E-state index in [-0.39, 0.29) is 35.3 Å². The highest BCUT2D eigenvalue weighted by atomic mass is 16.5. The van der Waals surface area contributed by atoms with Crippen LogP contribution in [0.25, 0.3) is 11.0 Å². The van der Waals surface area contributed by atoms with Gasteiger partial charge in [0.05, 0.1) is 5.39 Å². The molecule has 2 N–H and O–H groups in total. The van der Waals surface area contributed by atoms with Gasteiger partial charge in [-0.3, -0.25) is 4.79 Å². The normalized spacial score (nSPS) is 18.3. The molecule has 1 aliphatic heterocycles. The topological polar surface area (TPSA) is 80.6 Å². The van der Waals surface area contributed by atoms with Crippen LogP contribution in [0.5, 0.6) is 5.75 Å². The summed E-state index contributed by atoms with van der Waals surface area (Å²) in [4.78, 5) is 24.6. The highest BCUT2D eigenvalue weighted by molar-refractivity contribution is 5.88. The maximum atomic E-state index is 12.7. The third-order valence-corrected chi connectivity index (χ3v) is 5.47. The van der Waals surface area contributed by atoms with Crippen molar-refractivity contribution in [3.63, 3.8) is 0 Å². The summed E-state index contributed by atoms with van der Waals surface area (Å²) < 4.78 is 11.3. The molecule has 164 valence electrons. The van der Waals surface area contributed by atoms with Gasteiger partial charge in [0, 0.05) is 23.2 Å². The van der Waals surface area contributed by atoms with Gasteiger partial charge in [0.25, 0.3) is 5.91 Å². The molecule has 1 aromatic heterocycles. The van der Waals surface area contributed by atoms with Gasteiger partial charge < -0.3 is 19.8 Å². The van der Waals surface area contributed by atoms with E-state index in [1.54, 1.807) is 0 Å². The Morgan fingerprint density at radius 3 is 2.50 bits per heavy atom. The molecule has 30 heavy (non-hydrogen) atoms. The maximum Gasteiger partial charge on any atom is 0.336 e. The van der Waals surface area contributed by atoms with Crippen LogP contribution in [0.15, 0.2) is 27.4 Å². The molecule has 0 aliphatic carbocycles. The number of carbonyl (C=O) groups is 1. The number of benzene rings is 1. The molecule has 0 radical (unpaired) electrons. The fourth-order valence-corrected chi connectivity index (χ4v) is 4.89. The van der Waals surface area contributed by atoms with Gasteiger partial charge in [0.2, 0.25) is 0 Å². The molecule has 2 heterocycles. The third kappa shape index (κ3) is 5.42. The zero-order valence-corrected chi connectivity index (χ0v) is 19.0. The Morgan fingerprint density at radius 1 is 1.20 bits per heavy atom. The van der Waals surface area contributed by atoms with Crippen molar-refractivity contribution < 1.29 is 13.9 Å². The Morgan fingerprint density at radius 2 is 1.87 bits per heavy atom. The molecule has 1 amide bonds. The molecule has 2 aromatic rings. The Bertz CT molecular complexity index is 975. The molecular weight excluding hydrogens is 380 g/mol. The number of piperidine rings is 1. The Hall–Kier alpha value is -2.34. The molecule has 1 fully saturated rings. The largest absolute Gasteiger partial charge is 0.483 e. The number of carbonyl (C=O) groups excluding carboxylic acids is 1. The third-order valence-electron chi connectivity index (χ3n) is 5.47. The minimum atomic E-state index is -0.364. The van der Waals surface area contributed by atoms with Gasteiger partial charge in [-0.1, -0.05) is 13.3 Å². The van der Waals surface area contributed by atoms with Gasteiger partial charge in [0.15, 0.2) is 6.61 Å². The zero-order chi connectivity index (χ0) is 22.1. The summed E-state index contributed by atoms with van der Waals surface area (Å²) in [6.07, 6.45) is 3.36. The van der Waals surface area contributed by atoms with Gasteiger partial charge in [-0.2, -0.15) is 0 Å². The van der Waals surface area contributed by atoms with E-state index in [1.807, 2.05) is 19.1 Å². The van der Waals surface area contributed by atoms with Gasteiger partial charge in [-0.15, -0.1) is 0 Å². The number of rotatable bonds is 6. The first-order chi connectivity index (χ1) is 14.0. The predicted octanol–water partition coefficient (Wildman–Crippen LogP) is 3.86. The smallest absolute Gasteiger partial charge is 0.336 e. The molecule has 6 heteroatoms. The van der Waals surface area contributed by atoms with Crippen LogP contribution >= 0.6 is 0 Å². The lowest BCUT2D eigenvalue weighted by molar-refractivity contribution is -0.124. The van der Waals surface area contributed by atoms with Crippen LogP contribution in [0.3, 0.4) is 0 Å². The number of hydrogen-bond donors (Lipinski definition) is 2. The quantitative estimate of drug-likeness (QED) is 0.702. The van der Waals surface area contributed by atoms with E-state index >= 15 is 0 Å². The molecular formula is C24H34N2O4. The fraction of sp³-hybridized carbons (Fsp3) is 0.583. The lowest BCUT2D eigenvalue weighted by Gasteiger charge is -2.46. The van der Waals surface area contributed by atoms with Crippen molar-refractivity contribution in [1.29, 1.82) is 0 Å². The number of ether oxygens (including phenoxy) is 1. The number of aryl methyl sites for hydroxylation is 2. The lowest BCUT2D eigenvalue weighted by atomic mass is 9.79. The zero-order valence-electron chi connectivity index (χ0n) is 19.0. The van der Waals surface area contributed by atoms with Crippen LogP contribution in [0.1, 0.15) is 65.0 Å². The van der Waals surface area contributed by atoms with Gasteiger partial charge in [-0.05, 0) is 77.1 Å². The maximum absolute atomic E-state index is 12.7. The predicted molar refractivity (Wildman–Crippen MR) is 119 cm³/mol. The van der Waals surface area contributed by atoms with Crippen LogP contribution in [0.2, 0.25) is 0 Å². The minimum Gasteiger partial charge on any atom is -0.483 e. The second-order valence-corrected chi connectivity index (χ2v) is 9.83. The monoisotopic (exact) mass is 414 g/mol. The van der Waals surface area contributed by atoms with Crippen LogP contribution in [0.4, 0.5) is 0 Å². The van der Waals surface area contributed by atoms with Gasteiger partial charge in [0.1, 0.15) is 11.3 Å². The first-order valence-corrected chi connectivity index (χ1v) is 10.8. The Kier molecular flexibility index (Phi) is 6.27. The van der Waals surface area contributed by atoms with Crippen molar-refractivity contribution in [1.82, 2.24) is 10.6 Å². The summed E-state index contributed by atoms with van der Waals surface area (Å²) in [5, 5.41) is 7.53. The first-order valence-electron chi connectivity index (χ1n) is 10.8. The summed E-state index contributed by atoms with van der Waals surface area (Å²) >= 11 is 0. The molecule has 1 saturated heterocycles. The van der Waals surface area contributed by atoms with E-state index in [2.05, 4.69) is 45.3 Å². The van der Waals surface area contributed by atoms with Crippen LogP contribution in [-0.4, -0.2) is 29.6 Å². The molecule has 0 atom stereocenters. The van der Waals surface area contributed by atoms with E-state index in [0.717, 1.165) is 42.2 Å². The fourth-order valence-electron chi connectivity index (χ4n) is 4.89. The summed E-state index contributed by atoms with van der Waals surface area (Å²) in [5.41, 5.74) is 1.86. The SMILES string of the molecule is CCCc1cc(=O)oc2cc(C)cc(OCC(=O)NC3CC(C)(C)NC(C)(C)C3)c12. The van der Waals surface area contributed by atoms with Crippen molar-refractivity contribution in [3.8, 4) is 5.75 Å². The Labute approximate surface area is 178 Å². The standard InChI is InChI=1S/C24H34N2O4/c1-7-8-16-11-21(28)30-19-10-15(2)9-18(22(16)19)29-14-20(27)25-17-12-23(3,4)26-24(5,6)13-17/h9-11,17,26H,7-8,12-14H2,1-6H3,(H,25,27). The van der Waals surface area contributed by atoms with Gasteiger partial charge >= 0.3 is 5.63 Å². The molecule has 3 rings (SSSR count). The minimum absolute atomic E-state index is 0.0418. The summed E-state index contributed by atoms with van der Waals surface area (Å²) in [7, 11) is 0. The molecule has 0 unspecified atom stereocenters. The molecule has 0 saturated carbocycles. The van der Waals surface area contributed by atoms with Crippen LogP contribution < -0.4 is 21.0 Å². The number of hydrogen-bond acceptors (Lipinski definition) is 5. The molecule has 1 aromatic carbocycles. The van der Waals surface area contributed by atoms with E-state index in [4.69, 9.17) is 9.15 Å². The molecule has 0 bridgehead atoms. The van der Waals surface area contributed by atoms with Crippen LogP contribution in [-0.2, 0) is 11.2 Å². The van der Waals surface area contributed by atoms with Crippen molar-refractivity contribution in [3.05, 3.63) is 39.7 Å². The summed E-state index contributed by atoms with van der Waals surface area (Å²) in [6.45, 7) is 12.5. The van der Waals surface area contributed by atoms with E-state index in [9.17, 15) is 9.59 Å². The average Bonchev–Trinajstić information content (AvgIpc) is 2.56. The van der Waals surface area contributed by atoms with Gasteiger partial charge in [-0.25, -0.2) is 4.79 Å². The highest BCUT2D eigenvalue weighted by Gasteiger charge is 2.38. The molecule has 0 spiro atoms. The second kappa shape index (κ2) is 8.42. The van der Waals surface area contributed by atoms with Crippen molar-refractivity contribution in [2.45, 2.75) is 84.3 Å². The average molecular weight is 415 g/mol.